The number of benzene rings is 1. The molecule has 1 unspecified atom stereocenters. The molecule has 0 aromatic heterocycles. The van der Waals surface area contributed by atoms with Gasteiger partial charge in [-0.25, -0.2) is 0 Å². The molecule has 0 spiro atoms. The normalized spacial score (nSPS) is 11.9. The summed E-state index contributed by atoms with van der Waals surface area (Å²) in [6.45, 7) is 4.08. The molecular weight excluding hydrogens is 252 g/mol. The second-order valence-electron chi connectivity index (χ2n) is 3.81. The minimum atomic E-state index is -0.433. The molecule has 1 rings (SSSR count). The minimum absolute atomic E-state index is 0.0200. The van der Waals surface area contributed by atoms with E-state index in [1.807, 2.05) is 6.92 Å². The summed E-state index contributed by atoms with van der Waals surface area (Å²) in [4.78, 5) is 10.6. The van der Waals surface area contributed by atoms with E-state index in [1.54, 1.807) is 30.0 Å². The van der Waals surface area contributed by atoms with Gasteiger partial charge in [-0.15, -0.1) is 0 Å². The fraction of sp³-hybridized carbons (Fsp3) is 0.455. The summed E-state index contributed by atoms with van der Waals surface area (Å²) >= 11 is 1.79. The van der Waals surface area contributed by atoms with E-state index in [2.05, 4.69) is 17.7 Å². The zero-order valence-corrected chi connectivity index (χ0v) is 11.3. The summed E-state index contributed by atoms with van der Waals surface area (Å²) in [5.41, 5.74) is 3.12. The lowest BCUT2D eigenvalue weighted by atomic mass is 10.2. The van der Waals surface area contributed by atoms with Crippen molar-refractivity contribution >= 4 is 28.8 Å². The Morgan fingerprint density at radius 3 is 2.72 bits per heavy atom. The molecule has 18 heavy (non-hydrogen) atoms. The summed E-state index contributed by atoms with van der Waals surface area (Å²) in [6, 6.07) is 5.15. The SMILES string of the molecule is CCSCC(C)Nc1cccc(NN)c1[N+](=O)[O-]. The van der Waals surface area contributed by atoms with Crippen molar-refractivity contribution in [3.8, 4) is 0 Å². The third kappa shape index (κ3) is 3.78. The topological polar surface area (TPSA) is 93.2 Å². The molecule has 0 aliphatic rings. The number of hydrogen-bond donors (Lipinski definition) is 3. The van der Waals surface area contributed by atoms with Crippen molar-refractivity contribution in [2.24, 2.45) is 5.84 Å². The van der Waals surface area contributed by atoms with Crippen LogP contribution >= 0.6 is 11.8 Å². The minimum Gasteiger partial charge on any atom is -0.376 e. The number of nitro benzene ring substituents is 1. The van der Waals surface area contributed by atoms with Crippen LogP contribution in [0.25, 0.3) is 0 Å². The molecule has 100 valence electrons. The van der Waals surface area contributed by atoms with Crippen LogP contribution in [0.1, 0.15) is 13.8 Å². The number of nitrogens with zero attached hydrogens (tertiary/aromatic N) is 1. The predicted octanol–water partition coefficient (Wildman–Crippen LogP) is 2.43. The third-order valence-electron chi connectivity index (χ3n) is 2.35. The summed E-state index contributed by atoms with van der Waals surface area (Å²) in [6.07, 6.45) is 0. The number of rotatable bonds is 7. The van der Waals surface area contributed by atoms with Gasteiger partial charge in [-0.05, 0) is 24.8 Å². The summed E-state index contributed by atoms with van der Waals surface area (Å²) in [5, 5.41) is 14.2. The van der Waals surface area contributed by atoms with Crippen LogP contribution in [0.15, 0.2) is 18.2 Å². The monoisotopic (exact) mass is 270 g/mol. The molecule has 1 atom stereocenters. The maximum absolute atomic E-state index is 11.1. The van der Waals surface area contributed by atoms with Crippen molar-refractivity contribution in [3.63, 3.8) is 0 Å². The molecule has 4 N–H and O–H groups in total. The molecule has 0 fully saturated rings. The van der Waals surface area contributed by atoms with Crippen LogP contribution in [0, 0.1) is 10.1 Å². The molecule has 6 nitrogen and oxygen atoms in total. The molecule has 0 radical (unpaired) electrons. The van der Waals surface area contributed by atoms with Crippen LogP contribution in [0.4, 0.5) is 17.1 Å². The van der Waals surface area contributed by atoms with Crippen LogP contribution in [-0.4, -0.2) is 22.5 Å². The van der Waals surface area contributed by atoms with Crippen LogP contribution in [0.2, 0.25) is 0 Å². The zero-order valence-electron chi connectivity index (χ0n) is 10.5. The first kappa shape index (κ1) is 14.6. The Morgan fingerprint density at radius 2 is 2.17 bits per heavy atom. The number of anilines is 2. The number of nitro groups is 1. The third-order valence-corrected chi connectivity index (χ3v) is 3.49. The van der Waals surface area contributed by atoms with Gasteiger partial charge < -0.3 is 10.7 Å². The zero-order chi connectivity index (χ0) is 13.5. The van der Waals surface area contributed by atoms with E-state index >= 15 is 0 Å². The van der Waals surface area contributed by atoms with E-state index in [4.69, 9.17) is 5.84 Å². The van der Waals surface area contributed by atoms with Gasteiger partial charge in [-0.1, -0.05) is 13.0 Å². The highest BCUT2D eigenvalue weighted by atomic mass is 32.2. The van der Waals surface area contributed by atoms with Gasteiger partial charge in [-0.3, -0.25) is 16.0 Å². The number of hydrazine groups is 1. The molecule has 0 saturated carbocycles. The van der Waals surface area contributed by atoms with Gasteiger partial charge in [0.1, 0.15) is 11.4 Å². The van der Waals surface area contributed by atoms with E-state index < -0.39 is 4.92 Å². The van der Waals surface area contributed by atoms with E-state index in [0.29, 0.717) is 11.4 Å². The van der Waals surface area contributed by atoms with Gasteiger partial charge in [0.15, 0.2) is 0 Å². The van der Waals surface area contributed by atoms with Crippen molar-refractivity contribution < 1.29 is 4.92 Å². The molecule has 1 aromatic rings. The first-order chi connectivity index (χ1) is 8.60. The molecule has 0 bridgehead atoms. The highest BCUT2D eigenvalue weighted by molar-refractivity contribution is 7.99. The van der Waals surface area contributed by atoms with Gasteiger partial charge in [0.05, 0.1) is 4.92 Å². The molecule has 0 amide bonds. The smallest absolute Gasteiger partial charge is 0.316 e. The van der Waals surface area contributed by atoms with E-state index in [-0.39, 0.29) is 11.7 Å². The molecule has 0 aliphatic carbocycles. The second kappa shape index (κ2) is 7.07. The molecule has 1 aromatic carbocycles. The van der Waals surface area contributed by atoms with Gasteiger partial charge in [0.25, 0.3) is 0 Å². The average molecular weight is 270 g/mol. The van der Waals surface area contributed by atoms with Crippen LogP contribution in [0.3, 0.4) is 0 Å². The maximum atomic E-state index is 11.1. The lowest BCUT2D eigenvalue weighted by Crippen LogP contribution is -2.19. The van der Waals surface area contributed by atoms with E-state index in [9.17, 15) is 10.1 Å². The lowest BCUT2D eigenvalue weighted by molar-refractivity contribution is -0.383. The molecule has 0 aliphatic heterocycles. The molecule has 0 saturated heterocycles. The fourth-order valence-electron chi connectivity index (χ4n) is 1.57. The highest BCUT2D eigenvalue weighted by Crippen LogP contribution is 2.32. The van der Waals surface area contributed by atoms with Crippen LogP contribution in [-0.2, 0) is 0 Å². The first-order valence-electron chi connectivity index (χ1n) is 5.68. The van der Waals surface area contributed by atoms with Gasteiger partial charge in [-0.2, -0.15) is 11.8 Å². The number of para-hydroxylation sites is 1. The summed E-state index contributed by atoms with van der Waals surface area (Å²) in [7, 11) is 0. The summed E-state index contributed by atoms with van der Waals surface area (Å²) < 4.78 is 0. The summed E-state index contributed by atoms with van der Waals surface area (Å²) in [5.74, 6) is 7.21. The number of nitrogen functional groups attached to an aromatic ring is 1. The quantitative estimate of drug-likeness (QED) is 0.400. The second-order valence-corrected chi connectivity index (χ2v) is 5.13. The van der Waals surface area contributed by atoms with Crippen molar-refractivity contribution in [2.75, 3.05) is 22.2 Å². The van der Waals surface area contributed by atoms with Crippen LogP contribution < -0.4 is 16.6 Å². The van der Waals surface area contributed by atoms with Crippen LogP contribution in [0.5, 0.6) is 0 Å². The Labute approximate surface area is 110 Å². The number of nitrogens with two attached hydrogens (primary N) is 1. The molecule has 7 heteroatoms. The standard InChI is InChI=1S/C11H18N4O2S/c1-3-18-7-8(2)13-9-5-4-6-10(14-12)11(9)15(16)17/h4-6,8,13-14H,3,7,12H2,1-2H3. The first-order valence-corrected chi connectivity index (χ1v) is 6.83. The Morgan fingerprint density at radius 1 is 1.50 bits per heavy atom. The van der Waals surface area contributed by atoms with Crippen molar-refractivity contribution in [1.82, 2.24) is 0 Å². The highest BCUT2D eigenvalue weighted by Gasteiger charge is 2.20. The number of thioether (sulfide) groups is 1. The van der Waals surface area contributed by atoms with E-state index in [1.165, 1.54) is 0 Å². The Kier molecular flexibility index (Phi) is 5.73. The van der Waals surface area contributed by atoms with Crippen molar-refractivity contribution in [3.05, 3.63) is 28.3 Å². The fourth-order valence-corrected chi connectivity index (χ4v) is 2.25. The Bertz CT molecular complexity index is 414. The molecule has 0 heterocycles. The van der Waals surface area contributed by atoms with Gasteiger partial charge >= 0.3 is 5.69 Å². The largest absolute Gasteiger partial charge is 0.376 e. The molecular formula is C11H18N4O2S. The maximum Gasteiger partial charge on any atom is 0.316 e. The number of hydrogen-bond acceptors (Lipinski definition) is 6. The Balaban J connectivity index is 2.90. The van der Waals surface area contributed by atoms with Gasteiger partial charge in [0.2, 0.25) is 0 Å². The average Bonchev–Trinajstić information content (AvgIpc) is 2.35. The van der Waals surface area contributed by atoms with Crippen molar-refractivity contribution in [1.29, 1.82) is 0 Å². The van der Waals surface area contributed by atoms with Crippen molar-refractivity contribution in [2.45, 2.75) is 19.9 Å². The predicted molar refractivity (Wildman–Crippen MR) is 77.0 cm³/mol. The number of nitrogens with one attached hydrogen (secondary N) is 2. The lowest BCUT2D eigenvalue weighted by Gasteiger charge is -2.15. The Hall–Kier alpha value is -1.47. The van der Waals surface area contributed by atoms with E-state index in [0.717, 1.165) is 11.5 Å². The van der Waals surface area contributed by atoms with Gasteiger partial charge in [0, 0.05) is 11.8 Å².